The number of methoxy groups -OCH3 is 1. The lowest BCUT2D eigenvalue weighted by atomic mass is 10.3. The van der Waals surface area contributed by atoms with E-state index in [0.29, 0.717) is 12.1 Å². The molecule has 3 nitrogen and oxygen atoms in total. The topological polar surface area (TPSA) is 38.3 Å². The van der Waals surface area contributed by atoms with Gasteiger partial charge in [-0.1, -0.05) is 18.2 Å². The molecule has 0 aromatic rings. The van der Waals surface area contributed by atoms with Crippen molar-refractivity contribution in [3.63, 3.8) is 0 Å². The zero-order valence-corrected chi connectivity index (χ0v) is 9.17. The first-order valence-electron chi connectivity index (χ1n) is 4.79. The quantitative estimate of drug-likeness (QED) is 0.304. The zero-order chi connectivity index (χ0) is 10.8. The summed E-state index contributed by atoms with van der Waals surface area (Å²) in [4.78, 5) is 10.9. The fourth-order valence-corrected chi connectivity index (χ4v) is 0.924. The van der Waals surface area contributed by atoms with Gasteiger partial charge in [-0.15, -0.1) is 0 Å². The van der Waals surface area contributed by atoms with Crippen molar-refractivity contribution in [2.75, 3.05) is 20.2 Å². The number of esters is 1. The minimum absolute atomic E-state index is 0.264. The van der Waals surface area contributed by atoms with Crippen LogP contribution in [-0.4, -0.2) is 26.2 Å². The summed E-state index contributed by atoms with van der Waals surface area (Å²) < 4.78 is 4.56. The van der Waals surface area contributed by atoms with Gasteiger partial charge in [-0.2, -0.15) is 0 Å². The molecule has 0 heterocycles. The largest absolute Gasteiger partial charge is 0.466 e. The molecule has 0 spiro atoms. The summed E-state index contributed by atoms with van der Waals surface area (Å²) in [5, 5.41) is 3.19. The molecule has 0 rings (SSSR count). The van der Waals surface area contributed by atoms with Gasteiger partial charge in [-0.05, 0) is 26.8 Å². The zero-order valence-electron chi connectivity index (χ0n) is 9.17. The number of hydrogen-bond acceptors (Lipinski definition) is 3. The molecule has 14 heavy (non-hydrogen) atoms. The van der Waals surface area contributed by atoms with Gasteiger partial charge >= 0.3 is 5.97 Å². The van der Waals surface area contributed by atoms with Gasteiger partial charge in [-0.3, -0.25) is 0 Å². The first-order valence-corrected chi connectivity index (χ1v) is 4.79. The third kappa shape index (κ3) is 6.43. The van der Waals surface area contributed by atoms with E-state index in [0.717, 1.165) is 13.0 Å². The van der Waals surface area contributed by atoms with Crippen molar-refractivity contribution in [1.29, 1.82) is 0 Å². The van der Waals surface area contributed by atoms with Crippen molar-refractivity contribution >= 4 is 5.97 Å². The van der Waals surface area contributed by atoms with Gasteiger partial charge in [0.15, 0.2) is 0 Å². The number of carbonyl (C=O) groups is 1. The van der Waals surface area contributed by atoms with Crippen LogP contribution < -0.4 is 5.32 Å². The van der Waals surface area contributed by atoms with Crippen molar-refractivity contribution < 1.29 is 9.53 Å². The lowest BCUT2D eigenvalue weighted by Gasteiger charge is -2.00. The van der Waals surface area contributed by atoms with E-state index in [4.69, 9.17) is 0 Å². The predicted molar refractivity (Wildman–Crippen MR) is 58.1 cm³/mol. The van der Waals surface area contributed by atoms with Crippen LogP contribution in [0.3, 0.4) is 0 Å². The normalized spacial score (nSPS) is 12.1. The summed E-state index contributed by atoms with van der Waals surface area (Å²) in [6.07, 6.45) is 6.98. The highest BCUT2D eigenvalue weighted by atomic mass is 16.5. The van der Waals surface area contributed by atoms with Crippen molar-refractivity contribution in [1.82, 2.24) is 5.32 Å². The molecule has 0 amide bonds. The van der Waals surface area contributed by atoms with Crippen LogP contribution in [0.1, 0.15) is 20.3 Å². The highest BCUT2D eigenvalue weighted by molar-refractivity contribution is 5.87. The second-order valence-electron chi connectivity index (χ2n) is 2.94. The molecule has 0 atom stereocenters. The van der Waals surface area contributed by atoms with E-state index < -0.39 is 0 Å². The maximum Gasteiger partial charge on any atom is 0.333 e. The van der Waals surface area contributed by atoms with Crippen LogP contribution >= 0.6 is 0 Å². The number of ether oxygens (including phenoxy) is 1. The number of allylic oxidation sites excluding steroid dienone is 1. The fraction of sp³-hybridized carbons (Fsp3) is 0.545. The van der Waals surface area contributed by atoms with Crippen LogP contribution in [0.25, 0.3) is 0 Å². The summed E-state index contributed by atoms with van der Waals surface area (Å²) in [6.45, 7) is 5.38. The van der Waals surface area contributed by atoms with Gasteiger partial charge in [-0.25, -0.2) is 4.79 Å². The second-order valence-corrected chi connectivity index (χ2v) is 2.94. The van der Waals surface area contributed by atoms with Gasteiger partial charge in [0.2, 0.25) is 0 Å². The van der Waals surface area contributed by atoms with E-state index in [1.54, 1.807) is 6.92 Å². The minimum Gasteiger partial charge on any atom is -0.466 e. The van der Waals surface area contributed by atoms with Crippen molar-refractivity contribution in [2.45, 2.75) is 20.3 Å². The first kappa shape index (κ1) is 12.9. The summed E-state index contributed by atoms with van der Waals surface area (Å²) in [6, 6.07) is 0. The van der Waals surface area contributed by atoms with Crippen LogP contribution in [0, 0.1) is 0 Å². The maximum atomic E-state index is 10.9. The number of rotatable bonds is 6. The Morgan fingerprint density at radius 1 is 1.50 bits per heavy atom. The van der Waals surface area contributed by atoms with E-state index in [-0.39, 0.29) is 5.97 Å². The van der Waals surface area contributed by atoms with Crippen molar-refractivity contribution in [3.05, 3.63) is 23.8 Å². The lowest BCUT2D eigenvalue weighted by Crippen LogP contribution is -2.15. The molecule has 0 aromatic carbocycles. The molecule has 0 bridgehead atoms. The Hall–Kier alpha value is -1.09. The standard InChI is InChI=1S/C11H19NO2/c1-4-5-6-8-12-9-7-10(2)11(13)14-3/h4-5,7,12H,6,8-9H2,1-3H3/b5-4+,10-7+. The van der Waals surface area contributed by atoms with E-state index in [9.17, 15) is 4.79 Å². The number of nitrogens with one attached hydrogen (secondary N) is 1. The van der Waals surface area contributed by atoms with Crippen LogP contribution in [0.2, 0.25) is 0 Å². The SMILES string of the molecule is C/C=C/CCNC/C=C(\C)C(=O)OC. The fourth-order valence-electron chi connectivity index (χ4n) is 0.924. The summed E-state index contributed by atoms with van der Waals surface area (Å²) >= 11 is 0. The highest BCUT2D eigenvalue weighted by Crippen LogP contribution is 1.93. The Morgan fingerprint density at radius 3 is 2.79 bits per heavy atom. The van der Waals surface area contributed by atoms with Gasteiger partial charge in [0, 0.05) is 12.1 Å². The Bertz CT molecular complexity index is 219. The molecule has 0 fully saturated rings. The molecule has 0 unspecified atom stereocenters. The van der Waals surface area contributed by atoms with E-state index in [1.165, 1.54) is 7.11 Å². The summed E-state index contributed by atoms with van der Waals surface area (Å²) in [7, 11) is 1.39. The molecule has 0 aromatic heterocycles. The average molecular weight is 197 g/mol. The predicted octanol–water partition coefficient (Wildman–Crippen LogP) is 1.66. The van der Waals surface area contributed by atoms with Crippen LogP contribution in [0.5, 0.6) is 0 Å². The van der Waals surface area contributed by atoms with Crippen LogP contribution in [0.4, 0.5) is 0 Å². The molecule has 0 saturated carbocycles. The summed E-state index contributed by atoms with van der Waals surface area (Å²) in [5.74, 6) is -0.264. The van der Waals surface area contributed by atoms with Crippen LogP contribution in [0.15, 0.2) is 23.8 Å². The Labute approximate surface area is 85.8 Å². The van der Waals surface area contributed by atoms with E-state index in [2.05, 4.69) is 16.1 Å². The third-order valence-electron chi connectivity index (χ3n) is 1.78. The minimum atomic E-state index is -0.264. The maximum absolute atomic E-state index is 10.9. The Kier molecular flexibility index (Phi) is 7.84. The number of carbonyl (C=O) groups excluding carboxylic acids is 1. The molecule has 3 heteroatoms. The van der Waals surface area contributed by atoms with Gasteiger partial charge in [0.25, 0.3) is 0 Å². The van der Waals surface area contributed by atoms with Gasteiger partial charge in [0.1, 0.15) is 0 Å². The molecule has 0 aliphatic rings. The molecule has 0 radical (unpaired) electrons. The Morgan fingerprint density at radius 2 is 2.21 bits per heavy atom. The Balaban J connectivity index is 3.56. The first-order chi connectivity index (χ1) is 6.72. The monoisotopic (exact) mass is 197 g/mol. The smallest absolute Gasteiger partial charge is 0.333 e. The molecule has 0 aliphatic heterocycles. The van der Waals surface area contributed by atoms with E-state index in [1.807, 2.05) is 19.1 Å². The van der Waals surface area contributed by atoms with E-state index >= 15 is 0 Å². The number of hydrogen-bond donors (Lipinski definition) is 1. The third-order valence-corrected chi connectivity index (χ3v) is 1.78. The van der Waals surface area contributed by atoms with Gasteiger partial charge in [0.05, 0.1) is 7.11 Å². The van der Waals surface area contributed by atoms with Crippen LogP contribution in [-0.2, 0) is 9.53 Å². The molecular formula is C11H19NO2. The second kappa shape index (κ2) is 8.51. The van der Waals surface area contributed by atoms with Gasteiger partial charge < -0.3 is 10.1 Å². The lowest BCUT2D eigenvalue weighted by molar-refractivity contribution is -0.136. The molecule has 0 saturated heterocycles. The molecular weight excluding hydrogens is 178 g/mol. The highest BCUT2D eigenvalue weighted by Gasteiger charge is 2.00. The molecule has 1 N–H and O–H groups in total. The molecule has 80 valence electrons. The van der Waals surface area contributed by atoms with Crippen molar-refractivity contribution in [3.8, 4) is 0 Å². The molecule has 0 aliphatic carbocycles. The van der Waals surface area contributed by atoms with Crippen molar-refractivity contribution in [2.24, 2.45) is 0 Å². The summed E-state index contributed by atoms with van der Waals surface area (Å²) in [5.41, 5.74) is 0.644. The average Bonchev–Trinajstić information content (AvgIpc) is 2.21.